The molecular weight excluding hydrogens is 262 g/mol. The Morgan fingerprint density at radius 1 is 0.810 bits per heavy atom. The highest BCUT2D eigenvalue weighted by atomic mass is 16.5. The van der Waals surface area contributed by atoms with Crippen LogP contribution in [0.25, 0.3) is 0 Å². The number of benzene rings is 2. The molecule has 2 rings (SSSR count). The topological polar surface area (TPSA) is 44.5 Å². The molecule has 0 bridgehead atoms. The molecular formula is C18H23NO2. The first kappa shape index (κ1) is 15.4. The van der Waals surface area contributed by atoms with E-state index in [1.165, 1.54) is 0 Å². The van der Waals surface area contributed by atoms with Crippen molar-refractivity contribution in [2.45, 2.75) is 26.8 Å². The summed E-state index contributed by atoms with van der Waals surface area (Å²) in [6.45, 7) is 6.98. The van der Waals surface area contributed by atoms with E-state index < -0.39 is 0 Å². The highest BCUT2D eigenvalue weighted by Crippen LogP contribution is 2.22. The van der Waals surface area contributed by atoms with Crippen molar-refractivity contribution in [1.29, 1.82) is 0 Å². The van der Waals surface area contributed by atoms with Crippen molar-refractivity contribution in [3.8, 4) is 11.5 Å². The van der Waals surface area contributed by atoms with Gasteiger partial charge in [-0.3, -0.25) is 0 Å². The van der Waals surface area contributed by atoms with Crippen LogP contribution in [0.3, 0.4) is 0 Å². The van der Waals surface area contributed by atoms with Crippen molar-refractivity contribution >= 4 is 0 Å². The van der Waals surface area contributed by atoms with Gasteiger partial charge in [-0.05, 0) is 43.5 Å². The molecule has 2 aromatic rings. The molecule has 0 aliphatic heterocycles. The van der Waals surface area contributed by atoms with Crippen LogP contribution in [0.4, 0.5) is 0 Å². The molecule has 0 fully saturated rings. The van der Waals surface area contributed by atoms with Gasteiger partial charge in [-0.15, -0.1) is 0 Å². The first-order chi connectivity index (χ1) is 10.1. The number of para-hydroxylation sites is 2. The molecule has 3 nitrogen and oxygen atoms in total. The van der Waals surface area contributed by atoms with Gasteiger partial charge in [0.15, 0.2) is 0 Å². The zero-order valence-electron chi connectivity index (χ0n) is 12.9. The van der Waals surface area contributed by atoms with Crippen molar-refractivity contribution in [3.05, 3.63) is 59.2 Å². The van der Waals surface area contributed by atoms with Crippen LogP contribution in [-0.2, 0) is 0 Å². The zero-order valence-corrected chi connectivity index (χ0v) is 12.9. The summed E-state index contributed by atoms with van der Waals surface area (Å²) in [5.41, 5.74) is 9.43. The van der Waals surface area contributed by atoms with Gasteiger partial charge >= 0.3 is 0 Å². The van der Waals surface area contributed by atoms with Gasteiger partial charge in [0.05, 0.1) is 6.04 Å². The molecule has 1 unspecified atom stereocenters. The van der Waals surface area contributed by atoms with E-state index in [-0.39, 0.29) is 6.04 Å². The second-order valence-electron chi connectivity index (χ2n) is 5.37. The normalized spacial score (nSPS) is 12.0. The highest BCUT2D eigenvalue weighted by Gasteiger charge is 2.09. The van der Waals surface area contributed by atoms with Crippen molar-refractivity contribution in [1.82, 2.24) is 0 Å². The Labute approximate surface area is 126 Å². The van der Waals surface area contributed by atoms with E-state index in [9.17, 15) is 0 Å². The van der Waals surface area contributed by atoms with Gasteiger partial charge in [0.2, 0.25) is 0 Å². The molecule has 0 amide bonds. The summed E-state index contributed by atoms with van der Waals surface area (Å²) in [6, 6.07) is 13.9. The highest BCUT2D eigenvalue weighted by molar-refractivity contribution is 5.39. The predicted molar refractivity (Wildman–Crippen MR) is 86.1 cm³/mol. The first-order valence-electron chi connectivity index (χ1n) is 7.21. The minimum atomic E-state index is -0.163. The maximum Gasteiger partial charge on any atom is 0.125 e. The smallest absolute Gasteiger partial charge is 0.125 e. The lowest BCUT2D eigenvalue weighted by atomic mass is 10.1. The minimum absolute atomic E-state index is 0.163. The van der Waals surface area contributed by atoms with E-state index in [4.69, 9.17) is 15.2 Å². The Hall–Kier alpha value is -2.00. The predicted octanol–water partition coefficient (Wildman–Crippen LogP) is 3.40. The second kappa shape index (κ2) is 7.14. The van der Waals surface area contributed by atoms with E-state index in [2.05, 4.69) is 0 Å². The molecule has 1 atom stereocenters. The summed E-state index contributed by atoms with van der Waals surface area (Å²) in [5, 5.41) is 0. The number of aryl methyl sites for hydroxylation is 3. The van der Waals surface area contributed by atoms with Crippen LogP contribution in [0.15, 0.2) is 42.5 Å². The monoisotopic (exact) mass is 285 g/mol. The number of hydrogen-bond acceptors (Lipinski definition) is 3. The fraction of sp³-hybridized carbons (Fsp3) is 0.333. The third-order valence-corrected chi connectivity index (χ3v) is 3.40. The lowest BCUT2D eigenvalue weighted by Crippen LogP contribution is -2.34. The molecule has 2 aromatic carbocycles. The minimum Gasteiger partial charge on any atom is -0.492 e. The van der Waals surface area contributed by atoms with Gasteiger partial charge in [-0.1, -0.05) is 36.4 Å². The number of ether oxygens (including phenoxy) is 2. The standard InChI is InChI=1S/C18H23NO2/c1-13-7-4-5-10-17(13)20-11-16(19)12-21-18-14(2)8-6-9-15(18)3/h4-10,16H,11-12,19H2,1-3H3. The molecule has 3 heteroatoms. The van der Waals surface area contributed by atoms with Gasteiger partial charge in [-0.25, -0.2) is 0 Å². The SMILES string of the molecule is Cc1ccccc1OCC(N)COc1c(C)cccc1C. The molecule has 0 aromatic heterocycles. The molecule has 0 heterocycles. The number of rotatable bonds is 6. The first-order valence-corrected chi connectivity index (χ1v) is 7.21. The Kier molecular flexibility index (Phi) is 5.23. The molecule has 112 valence electrons. The lowest BCUT2D eigenvalue weighted by molar-refractivity contribution is 0.218. The second-order valence-corrected chi connectivity index (χ2v) is 5.37. The summed E-state index contributed by atoms with van der Waals surface area (Å²) < 4.78 is 11.6. The van der Waals surface area contributed by atoms with Crippen LogP contribution in [-0.4, -0.2) is 19.3 Å². The van der Waals surface area contributed by atoms with Crippen LogP contribution in [0.5, 0.6) is 11.5 Å². The summed E-state index contributed by atoms with van der Waals surface area (Å²) in [6.07, 6.45) is 0. The van der Waals surface area contributed by atoms with Crippen molar-refractivity contribution in [3.63, 3.8) is 0 Å². The maximum atomic E-state index is 6.07. The fourth-order valence-electron chi connectivity index (χ4n) is 2.18. The van der Waals surface area contributed by atoms with E-state index in [0.717, 1.165) is 28.2 Å². The number of hydrogen-bond donors (Lipinski definition) is 1. The number of nitrogens with two attached hydrogens (primary N) is 1. The van der Waals surface area contributed by atoms with Crippen LogP contribution >= 0.6 is 0 Å². The van der Waals surface area contributed by atoms with E-state index >= 15 is 0 Å². The van der Waals surface area contributed by atoms with Crippen LogP contribution in [0, 0.1) is 20.8 Å². The average molecular weight is 285 g/mol. The molecule has 0 aliphatic rings. The molecule has 2 N–H and O–H groups in total. The van der Waals surface area contributed by atoms with Crippen LogP contribution in [0.1, 0.15) is 16.7 Å². The van der Waals surface area contributed by atoms with Gasteiger partial charge in [0.1, 0.15) is 24.7 Å². The van der Waals surface area contributed by atoms with Gasteiger partial charge in [0.25, 0.3) is 0 Å². The quantitative estimate of drug-likeness (QED) is 0.884. The molecule has 21 heavy (non-hydrogen) atoms. The third kappa shape index (κ3) is 4.23. The average Bonchev–Trinajstić information content (AvgIpc) is 2.46. The molecule has 0 saturated carbocycles. The lowest BCUT2D eigenvalue weighted by Gasteiger charge is -2.17. The summed E-state index contributed by atoms with van der Waals surface area (Å²) in [4.78, 5) is 0. The maximum absolute atomic E-state index is 6.07. The van der Waals surface area contributed by atoms with E-state index in [1.807, 2.05) is 63.2 Å². The summed E-state index contributed by atoms with van der Waals surface area (Å²) >= 11 is 0. The van der Waals surface area contributed by atoms with Gasteiger partial charge < -0.3 is 15.2 Å². The molecule has 0 aliphatic carbocycles. The Bertz CT molecular complexity index is 575. The van der Waals surface area contributed by atoms with Crippen molar-refractivity contribution in [2.24, 2.45) is 5.73 Å². The molecule has 0 saturated heterocycles. The zero-order chi connectivity index (χ0) is 15.2. The Morgan fingerprint density at radius 3 is 2.05 bits per heavy atom. The van der Waals surface area contributed by atoms with E-state index in [1.54, 1.807) is 0 Å². The summed E-state index contributed by atoms with van der Waals surface area (Å²) in [7, 11) is 0. The van der Waals surface area contributed by atoms with Gasteiger partial charge in [0, 0.05) is 0 Å². The van der Waals surface area contributed by atoms with Crippen LogP contribution in [0.2, 0.25) is 0 Å². The van der Waals surface area contributed by atoms with Crippen molar-refractivity contribution in [2.75, 3.05) is 13.2 Å². The Balaban J connectivity index is 1.85. The van der Waals surface area contributed by atoms with E-state index in [0.29, 0.717) is 13.2 Å². The summed E-state index contributed by atoms with van der Waals surface area (Å²) in [5.74, 6) is 1.80. The Morgan fingerprint density at radius 2 is 1.38 bits per heavy atom. The molecule has 0 radical (unpaired) electrons. The molecule has 0 spiro atoms. The third-order valence-electron chi connectivity index (χ3n) is 3.40. The van der Waals surface area contributed by atoms with Crippen molar-refractivity contribution < 1.29 is 9.47 Å². The van der Waals surface area contributed by atoms with Crippen LogP contribution < -0.4 is 15.2 Å². The van der Waals surface area contributed by atoms with Gasteiger partial charge in [-0.2, -0.15) is 0 Å². The fourth-order valence-corrected chi connectivity index (χ4v) is 2.18. The largest absolute Gasteiger partial charge is 0.492 e.